The van der Waals surface area contributed by atoms with Gasteiger partial charge in [0.05, 0.1) is 27.7 Å². The van der Waals surface area contributed by atoms with Crippen LogP contribution in [-0.4, -0.2) is 50.5 Å². The quantitative estimate of drug-likeness (QED) is 0.391. The normalized spacial score (nSPS) is 14.1. The second-order valence-electron chi connectivity index (χ2n) is 8.42. The molecule has 0 saturated carbocycles. The molecule has 1 aliphatic rings. The number of anilines is 3. The molecule has 4 aromatic rings. The van der Waals surface area contributed by atoms with Gasteiger partial charge in [-0.25, -0.2) is 23.1 Å². The summed E-state index contributed by atoms with van der Waals surface area (Å²) in [7, 11) is 0. The van der Waals surface area contributed by atoms with E-state index in [1.807, 2.05) is 18.2 Å². The van der Waals surface area contributed by atoms with Crippen molar-refractivity contribution in [2.45, 2.75) is 19.3 Å². The summed E-state index contributed by atoms with van der Waals surface area (Å²) in [6.07, 6.45) is 0.499. The standard InChI is InChI=1S/C24H21Cl2F2N7O/c25-17-2-1-3-18(26)20(17)35-21(29)16-11-30-23(32-22(16)33-24(35)36)31-15-5-4-13-6-8-34(12-19(27)28)9-7-14(13)10-15/h1-5,10-11,19H,6-9,12,29H2,(H,31,32,33,36). The fraction of sp³-hybridized carbons (Fsp3) is 0.250. The largest absolute Gasteiger partial charge is 0.384 e. The fourth-order valence-corrected chi connectivity index (χ4v) is 4.90. The second-order valence-corrected chi connectivity index (χ2v) is 9.23. The molecule has 3 heterocycles. The van der Waals surface area contributed by atoms with E-state index < -0.39 is 12.1 Å². The molecule has 0 bridgehead atoms. The number of nitrogen functional groups attached to an aromatic ring is 1. The summed E-state index contributed by atoms with van der Waals surface area (Å²) in [5.74, 6) is 0.292. The lowest BCUT2D eigenvalue weighted by atomic mass is 10.0. The van der Waals surface area contributed by atoms with Crippen LogP contribution in [0.5, 0.6) is 0 Å². The SMILES string of the molecule is Nc1c2cnc(Nc3ccc4c(c3)CCN(CC(F)F)CC4)nc2nc(=O)n1-c1c(Cl)cccc1Cl. The number of rotatable bonds is 5. The zero-order chi connectivity index (χ0) is 25.4. The summed E-state index contributed by atoms with van der Waals surface area (Å²) in [5, 5.41) is 3.98. The van der Waals surface area contributed by atoms with Crippen LogP contribution in [0.4, 0.5) is 26.2 Å². The Morgan fingerprint density at radius 2 is 1.78 bits per heavy atom. The van der Waals surface area contributed by atoms with Crippen molar-refractivity contribution in [1.82, 2.24) is 24.4 Å². The predicted molar refractivity (Wildman–Crippen MR) is 137 cm³/mol. The van der Waals surface area contributed by atoms with Gasteiger partial charge in [-0.1, -0.05) is 35.3 Å². The molecule has 0 amide bonds. The summed E-state index contributed by atoms with van der Waals surface area (Å²) < 4.78 is 26.7. The monoisotopic (exact) mass is 531 g/mol. The molecular weight excluding hydrogens is 511 g/mol. The third kappa shape index (κ3) is 4.84. The molecule has 8 nitrogen and oxygen atoms in total. The van der Waals surface area contributed by atoms with Gasteiger partial charge in [0.2, 0.25) is 5.95 Å². The molecule has 3 N–H and O–H groups in total. The molecule has 0 spiro atoms. The average Bonchev–Trinajstić information content (AvgIpc) is 3.02. The number of benzene rings is 2. The first kappa shape index (κ1) is 24.4. The highest BCUT2D eigenvalue weighted by Gasteiger charge is 2.19. The van der Waals surface area contributed by atoms with Crippen LogP contribution in [-0.2, 0) is 12.8 Å². The van der Waals surface area contributed by atoms with E-state index in [1.54, 1.807) is 23.1 Å². The smallest absolute Gasteiger partial charge is 0.355 e. The Hall–Kier alpha value is -3.34. The van der Waals surface area contributed by atoms with Gasteiger partial charge >= 0.3 is 5.69 Å². The van der Waals surface area contributed by atoms with Gasteiger partial charge in [-0.3, -0.25) is 4.90 Å². The Bertz CT molecular complexity index is 1490. The van der Waals surface area contributed by atoms with E-state index >= 15 is 0 Å². The molecular formula is C24H21Cl2F2N7O. The van der Waals surface area contributed by atoms with Crippen LogP contribution < -0.4 is 16.7 Å². The highest BCUT2D eigenvalue weighted by molar-refractivity contribution is 6.37. The molecule has 12 heteroatoms. The van der Waals surface area contributed by atoms with Crippen LogP contribution in [0.25, 0.3) is 16.7 Å². The van der Waals surface area contributed by atoms with E-state index in [1.165, 1.54) is 6.20 Å². The Kier molecular flexibility index (Phi) is 6.74. The van der Waals surface area contributed by atoms with Gasteiger partial charge < -0.3 is 11.1 Å². The van der Waals surface area contributed by atoms with Crippen LogP contribution in [0.3, 0.4) is 0 Å². The lowest BCUT2D eigenvalue weighted by Crippen LogP contribution is -2.31. The third-order valence-corrected chi connectivity index (χ3v) is 6.70. The first-order valence-corrected chi connectivity index (χ1v) is 11.9. The van der Waals surface area contributed by atoms with E-state index in [0.29, 0.717) is 31.3 Å². The minimum absolute atomic E-state index is 0.0601. The van der Waals surface area contributed by atoms with Crippen molar-refractivity contribution in [3.8, 4) is 5.69 Å². The number of alkyl halides is 2. The van der Waals surface area contributed by atoms with Gasteiger partial charge in [0.15, 0.2) is 5.65 Å². The maximum absolute atomic E-state index is 12.8. The van der Waals surface area contributed by atoms with Crippen molar-refractivity contribution in [3.05, 3.63) is 74.3 Å². The number of para-hydroxylation sites is 1. The number of nitrogens with two attached hydrogens (primary N) is 1. The van der Waals surface area contributed by atoms with Crippen molar-refractivity contribution >= 4 is 51.7 Å². The summed E-state index contributed by atoms with van der Waals surface area (Å²) in [4.78, 5) is 27.4. The molecule has 5 rings (SSSR count). The zero-order valence-corrected chi connectivity index (χ0v) is 20.4. The lowest BCUT2D eigenvalue weighted by Gasteiger charge is -2.18. The minimum atomic E-state index is -2.35. The zero-order valence-electron chi connectivity index (χ0n) is 18.9. The van der Waals surface area contributed by atoms with Crippen LogP contribution in [0.2, 0.25) is 10.0 Å². The molecule has 2 aromatic carbocycles. The van der Waals surface area contributed by atoms with Crippen LogP contribution in [0.1, 0.15) is 11.1 Å². The summed E-state index contributed by atoms with van der Waals surface area (Å²) in [5.41, 5.74) is 8.90. The van der Waals surface area contributed by atoms with Crippen molar-refractivity contribution in [2.24, 2.45) is 0 Å². The van der Waals surface area contributed by atoms with E-state index in [9.17, 15) is 13.6 Å². The highest BCUT2D eigenvalue weighted by Crippen LogP contribution is 2.30. The Morgan fingerprint density at radius 3 is 2.50 bits per heavy atom. The molecule has 36 heavy (non-hydrogen) atoms. The van der Waals surface area contributed by atoms with Crippen LogP contribution in [0, 0.1) is 0 Å². The Morgan fingerprint density at radius 1 is 1.06 bits per heavy atom. The molecule has 1 aliphatic heterocycles. The number of fused-ring (bicyclic) bond motifs is 2. The first-order chi connectivity index (χ1) is 17.3. The Labute approximate surface area is 214 Å². The molecule has 2 aromatic heterocycles. The van der Waals surface area contributed by atoms with E-state index in [-0.39, 0.29) is 39.7 Å². The molecule has 0 saturated heterocycles. The lowest BCUT2D eigenvalue weighted by molar-refractivity contribution is 0.0904. The third-order valence-electron chi connectivity index (χ3n) is 6.09. The van der Waals surface area contributed by atoms with Crippen molar-refractivity contribution in [3.63, 3.8) is 0 Å². The van der Waals surface area contributed by atoms with Gasteiger partial charge in [0, 0.05) is 25.0 Å². The molecule has 0 unspecified atom stereocenters. The molecule has 186 valence electrons. The number of halogens is 4. The second kappa shape index (κ2) is 9.96. The van der Waals surface area contributed by atoms with Gasteiger partial charge in [-0.15, -0.1) is 0 Å². The minimum Gasteiger partial charge on any atom is -0.384 e. The maximum Gasteiger partial charge on any atom is 0.355 e. The highest BCUT2D eigenvalue weighted by atomic mass is 35.5. The predicted octanol–water partition coefficient (Wildman–Crippen LogP) is 4.47. The van der Waals surface area contributed by atoms with Crippen LogP contribution >= 0.6 is 23.2 Å². The Balaban J connectivity index is 1.43. The molecule has 0 radical (unpaired) electrons. The first-order valence-electron chi connectivity index (χ1n) is 11.2. The molecule has 0 fully saturated rings. The number of nitrogens with one attached hydrogen (secondary N) is 1. The van der Waals surface area contributed by atoms with Crippen molar-refractivity contribution in [2.75, 3.05) is 30.7 Å². The van der Waals surface area contributed by atoms with E-state index in [0.717, 1.165) is 21.4 Å². The van der Waals surface area contributed by atoms with Crippen molar-refractivity contribution in [1.29, 1.82) is 0 Å². The average molecular weight is 532 g/mol. The fourth-order valence-electron chi connectivity index (χ4n) is 4.34. The maximum atomic E-state index is 12.8. The van der Waals surface area contributed by atoms with E-state index in [2.05, 4.69) is 20.3 Å². The number of hydrogen-bond donors (Lipinski definition) is 2. The van der Waals surface area contributed by atoms with Gasteiger partial charge in [-0.2, -0.15) is 9.97 Å². The number of nitrogens with zero attached hydrogens (tertiary/aromatic N) is 5. The summed E-state index contributed by atoms with van der Waals surface area (Å²) in [6.45, 7) is 0.949. The van der Waals surface area contributed by atoms with E-state index in [4.69, 9.17) is 28.9 Å². The summed E-state index contributed by atoms with van der Waals surface area (Å²) >= 11 is 12.5. The van der Waals surface area contributed by atoms with Gasteiger partial charge in [0.1, 0.15) is 5.82 Å². The molecule has 0 atom stereocenters. The topological polar surface area (TPSA) is 102 Å². The summed E-state index contributed by atoms with van der Waals surface area (Å²) in [6, 6.07) is 10.7. The molecule has 0 aliphatic carbocycles. The van der Waals surface area contributed by atoms with Crippen molar-refractivity contribution < 1.29 is 8.78 Å². The number of aromatic nitrogens is 4. The van der Waals surface area contributed by atoms with Crippen LogP contribution in [0.15, 0.2) is 47.4 Å². The number of hydrogen-bond acceptors (Lipinski definition) is 7. The van der Waals surface area contributed by atoms with Gasteiger partial charge in [-0.05, 0) is 48.2 Å². The van der Waals surface area contributed by atoms with Gasteiger partial charge in [0.25, 0.3) is 6.43 Å².